The summed E-state index contributed by atoms with van der Waals surface area (Å²) in [5, 5.41) is 12.6. The molecule has 1 saturated carbocycles. The SMILES string of the molecule is COc1ccc(CCC(C)NC2(C(=O)O)CCC2)cc1. The Balaban J connectivity index is 1.82. The number of hydrogen-bond donors (Lipinski definition) is 2. The number of aryl methyl sites for hydroxylation is 1. The molecular formula is C16H23NO3. The molecule has 1 aromatic carbocycles. The zero-order valence-corrected chi connectivity index (χ0v) is 12.2. The van der Waals surface area contributed by atoms with Gasteiger partial charge in [0.25, 0.3) is 0 Å². The van der Waals surface area contributed by atoms with E-state index in [-0.39, 0.29) is 6.04 Å². The fourth-order valence-electron chi connectivity index (χ4n) is 2.67. The standard InChI is InChI=1S/C16H23NO3/c1-12(17-16(15(18)19)10-3-11-16)4-5-13-6-8-14(20-2)9-7-13/h6-9,12,17H,3-5,10-11H2,1-2H3,(H,18,19). The van der Waals surface area contributed by atoms with Gasteiger partial charge < -0.3 is 9.84 Å². The molecule has 1 aliphatic carbocycles. The molecule has 0 spiro atoms. The summed E-state index contributed by atoms with van der Waals surface area (Å²) in [5.74, 6) is 0.152. The lowest BCUT2D eigenvalue weighted by Crippen LogP contribution is -2.59. The van der Waals surface area contributed by atoms with Crippen molar-refractivity contribution in [1.29, 1.82) is 0 Å². The van der Waals surface area contributed by atoms with Crippen LogP contribution in [0.4, 0.5) is 0 Å². The molecule has 20 heavy (non-hydrogen) atoms. The minimum absolute atomic E-state index is 0.202. The zero-order chi connectivity index (χ0) is 14.6. The highest BCUT2D eigenvalue weighted by atomic mass is 16.5. The molecule has 0 aromatic heterocycles. The summed E-state index contributed by atoms with van der Waals surface area (Å²) in [7, 11) is 1.66. The van der Waals surface area contributed by atoms with E-state index < -0.39 is 11.5 Å². The summed E-state index contributed by atoms with van der Waals surface area (Å²) in [5.41, 5.74) is 0.580. The highest BCUT2D eigenvalue weighted by molar-refractivity contribution is 5.80. The van der Waals surface area contributed by atoms with Crippen molar-refractivity contribution in [1.82, 2.24) is 5.32 Å². The van der Waals surface area contributed by atoms with Crippen LogP contribution in [0.25, 0.3) is 0 Å². The van der Waals surface area contributed by atoms with Gasteiger partial charge in [0.2, 0.25) is 0 Å². The Morgan fingerprint density at radius 3 is 2.50 bits per heavy atom. The van der Waals surface area contributed by atoms with Gasteiger partial charge in [-0.15, -0.1) is 0 Å². The summed E-state index contributed by atoms with van der Waals surface area (Å²) in [6.45, 7) is 2.06. The highest BCUT2D eigenvalue weighted by Gasteiger charge is 2.44. The Morgan fingerprint density at radius 2 is 2.05 bits per heavy atom. The Morgan fingerprint density at radius 1 is 1.40 bits per heavy atom. The van der Waals surface area contributed by atoms with Crippen LogP contribution < -0.4 is 10.1 Å². The predicted molar refractivity (Wildman–Crippen MR) is 78.1 cm³/mol. The molecule has 0 saturated heterocycles. The third-order valence-corrected chi connectivity index (χ3v) is 4.16. The number of ether oxygens (including phenoxy) is 1. The number of carbonyl (C=O) groups is 1. The molecule has 1 aromatic rings. The first kappa shape index (κ1) is 14.9. The van der Waals surface area contributed by atoms with E-state index in [4.69, 9.17) is 4.74 Å². The number of nitrogens with one attached hydrogen (secondary N) is 1. The van der Waals surface area contributed by atoms with Gasteiger partial charge in [0.15, 0.2) is 0 Å². The summed E-state index contributed by atoms with van der Waals surface area (Å²) in [6.07, 6.45) is 4.37. The lowest BCUT2D eigenvalue weighted by atomic mass is 9.76. The van der Waals surface area contributed by atoms with E-state index in [1.54, 1.807) is 7.11 Å². The summed E-state index contributed by atoms with van der Waals surface area (Å²) in [6, 6.07) is 8.23. The zero-order valence-electron chi connectivity index (χ0n) is 12.2. The Hall–Kier alpha value is -1.55. The number of hydrogen-bond acceptors (Lipinski definition) is 3. The van der Waals surface area contributed by atoms with Crippen molar-refractivity contribution in [3.63, 3.8) is 0 Å². The van der Waals surface area contributed by atoms with E-state index in [0.717, 1.165) is 37.9 Å². The van der Waals surface area contributed by atoms with Crippen LogP contribution in [0.5, 0.6) is 5.75 Å². The molecule has 2 N–H and O–H groups in total. The van der Waals surface area contributed by atoms with Gasteiger partial charge in [-0.25, -0.2) is 0 Å². The molecule has 0 radical (unpaired) electrons. The van der Waals surface area contributed by atoms with Crippen LogP contribution in [0.15, 0.2) is 24.3 Å². The number of carboxylic acid groups (broad SMARTS) is 1. The van der Waals surface area contributed by atoms with E-state index in [1.807, 2.05) is 12.1 Å². The first-order chi connectivity index (χ1) is 9.55. The Labute approximate surface area is 120 Å². The van der Waals surface area contributed by atoms with Gasteiger partial charge >= 0.3 is 5.97 Å². The van der Waals surface area contributed by atoms with E-state index >= 15 is 0 Å². The monoisotopic (exact) mass is 277 g/mol. The van der Waals surface area contributed by atoms with Gasteiger partial charge in [0, 0.05) is 6.04 Å². The van der Waals surface area contributed by atoms with Crippen LogP contribution in [0.1, 0.15) is 38.2 Å². The molecular weight excluding hydrogens is 254 g/mol. The largest absolute Gasteiger partial charge is 0.497 e. The predicted octanol–water partition coefficient (Wildman–Crippen LogP) is 2.61. The topological polar surface area (TPSA) is 58.6 Å². The third-order valence-electron chi connectivity index (χ3n) is 4.16. The second-order valence-electron chi connectivity index (χ2n) is 5.67. The number of methoxy groups -OCH3 is 1. The van der Waals surface area contributed by atoms with E-state index in [2.05, 4.69) is 24.4 Å². The van der Waals surface area contributed by atoms with Crippen LogP contribution in [0.3, 0.4) is 0 Å². The minimum atomic E-state index is -0.708. The molecule has 1 fully saturated rings. The number of aliphatic carboxylic acids is 1. The van der Waals surface area contributed by atoms with Gasteiger partial charge in [0.05, 0.1) is 7.11 Å². The van der Waals surface area contributed by atoms with E-state index in [1.165, 1.54) is 5.56 Å². The number of benzene rings is 1. The second kappa shape index (κ2) is 6.27. The van der Waals surface area contributed by atoms with Crippen molar-refractivity contribution in [2.45, 2.75) is 50.6 Å². The fraction of sp³-hybridized carbons (Fsp3) is 0.562. The molecule has 4 heteroatoms. The lowest BCUT2D eigenvalue weighted by molar-refractivity contribution is -0.149. The molecule has 1 unspecified atom stereocenters. The van der Waals surface area contributed by atoms with Crippen molar-refractivity contribution in [2.24, 2.45) is 0 Å². The number of rotatable bonds is 7. The van der Waals surface area contributed by atoms with Crippen LogP contribution >= 0.6 is 0 Å². The summed E-state index contributed by atoms with van der Waals surface area (Å²) >= 11 is 0. The van der Waals surface area contributed by atoms with Crippen LogP contribution in [-0.2, 0) is 11.2 Å². The first-order valence-electron chi connectivity index (χ1n) is 7.20. The molecule has 0 amide bonds. The third kappa shape index (κ3) is 3.31. The maximum Gasteiger partial charge on any atom is 0.323 e. The molecule has 1 atom stereocenters. The van der Waals surface area contributed by atoms with Crippen molar-refractivity contribution in [2.75, 3.05) is 7.11 Å². The van der Waals surface area contributed by atoms with Crippen molar-refractivity contribution < 1.29 is 14.6 Å². The van der Waals surface area contributed by atoms with E-state index in [0.29, 0.717) is 0 Å². The Kier molecular flexibility index (Phi) is 4.65. The molecule has 2 rings (SSSR count). The maximum atomic E-state index is 11.3. The molecule has 110 valence electrons. The van der Waals surface area contributed by atoms with Crippen molar-refractivity contribution in [3.8, 4) is 5.75 Å². The molecule has 4 nitrogen and oxygen atoms in total. The normalized spacial score (nSPS) is 18.1. The molecule has 0 aliphatic heterocycles. The highest BCUT2D eigenvalue weighted by Crippen LogP contribution is 2.32. The van der Waals surface area contributed by atoms with Crippen LogP contribution in [0, 0.1) is 0 Å². The van der Waals surface area contributed by atoms with Crippen molar-refractivity contribution in [3.05, 3.63) is 29.8 Å². The van der Waals surface area contributed by atoms with E-state index in [9.17, 15) is 9.90 Å². The molecule has 0 heterocycles. The molecule has 0 bridgehead atoms. The smallest absolute Gasteiger partial charge is 0.323 e. The average molecular weight is 277 g/mol. The first-order valence-corrected chi connectivity index (χ1v) is 7.20. The van der Waals surface area contributed by atoms with Gasteiger partial charge in [-0.1, -0.05) is 12.1 Å². The maximum absolute atomic E-state index is 11.3. The average Bonchev–Trinajstić information content (AvgIpc) is 2.40. The minimum Gasteiger partial charge on any atom is -0.497 e. The summed E-state index contributed by atoms with van der Waals surface area (Å²) < 4.78 is 5.13. The van der Waals surface area contributed by atoms with Gasteiger partial charge in [-0.2, -0.15) is 0 Å². The lowest BCUT2D eigenvalue weighted by Gasteiger charge is -2.40. The molecule has 1 aliphatic rings. The second-order valence-corrected chi connectivity index (χ2v) is 5.67. The quantitative estimate of drug-likeness (QED) is 0.804. The summed E-state index contributed by atoms with van der Waals surface area (Å²) in [4.78, 5) is 11.3. The van der Waals surface area contributed by atoms with Gasteiger partial charge in [-0.3, -0.25) is 10.1 Å². The fourth-order valence-corrected chi connectivity index (χ4v) is 2.67. The van der Waals surface area contributed by atoms with Gasteiger partial charge in [-0.05, 0) is 56.7 Å². The number of carboxylic acids is 1. The van der Waals surface area contributed by atoms with Crippen LogP contribution in [0.2, 0.25) is 0 Å². The Bertz CT molecular complexity index is 451. The van der Waals surface area contributed by atoms with Crippen LogP contribution in [-0.4, -0.2) is 29.8 Å². The van der Waals surface area contributed by atoms with Crippen molar-refractivity contribution >= 4 is 5.97 Å². The van der Waals surface area contributed by atoms with Gasteiger partial charge in [0.1, 0.15) is 11.3 Å².